The second-order valence-corrected chi connectivity index (χ2v) is 5.97. The van der Waals surface area contributed by atoms with Gasteiger partial charge in [0.2, 0.25) is 5.91 Å². The molecule has 0 bridgehead atoms. The van der Waals surface area contributed by atoms with Crippen molar-refractivity contribution in [2.24, 2.45) is 0 Å². The molecule has 0 heterocycles. The first-order valence-electron chi connectivity index (χ1n) is 8.71. The fourth-order valence-corrected chi connectivity index (χ4v) is 2.39. The number of carbonyl (C=O) groups excluding carboxylic acids is 1. The van der Waals surface area contributed by atoms with Gasteiger partial charge in [0.05, 0.1) is 0 Å². The van der Waals surface area contributed by atoms with Crippen LogP contribution in [0.4, 0.5) is 0 Å². The zero-order valence-corrected chi connectivity index (χ0v) is 14.2. The fourth-order valence-electron chi connectivity index (χ4n) is 2.39. The minimum atomic E-state index is -1.19. The zero-order valence-electron chi connectivity index (χ0n) is 14.2. The summed E-state index contributed by atoms with van der Waals surface area (Å²) in [7, 11) is 0. The SMILES string of the molecule is CCCCCCCCCCCC(=O)N[C@@H](CCC(=O)O)C(=O)O.[KH].[KH]. The van der Waals surface area contributed by atoms with Gasteiger partial charge in [0.1, 0.15) is 6.04 Å². The molecule has 0 aromatic rings. The van der Waals surface area contributed by atoms with Crippen molar-refractivity contribution in [2.45, 2.75) is 90.0 Å². The van der Waals surface area contributed by atoms with E-state index in [4.69, 9.17) is 10.2 Å². The molecule has 0 saturated carbocycles. The van der Waals surface area contributed by atoms with Crippen LogP contribution >= 0.6 is 0 Å². The van der Waals surface area contributed by atoms with Gasteiger partial charge in [0.15, 0.2) is 0 Å². The van der Waals surface area contributed by atoms with Gasteiger partial charge in [-0.1, -0.05) is 58.3 Å². The standard InChI is InChI=1S/C17H31NO5.2K.2H/c1-2-3-4-5-6-7-8-9-10-11-15(19)18-14(17(22)23)12-13-16(20)21;;;;/h14H,2-13H2,1H3,(H,18,19)(H,20,21)(H,22,23);;;;/t14-;;;;/m0..../s1. The maximum atomic E-state index is 11.7. The van der Waals surface area contributed by atoms with Crippen molar-refractivity contribution in [3.05, 3.63) is 0 Å². The van der Waals surface area contributed by atoms with Crippen LogP contribution < -0.4 is 5.32 Å². The summed E-state index contributed by atoms with van der Waals surface area (Å²) in [6.07, 6.45) is 10.3. The van der Waals surface area contributed by atoms with Gasteiger partial charge in [-0.05, 0) is 12.8 Å². The van der Waals surface area contributed by atoms with E-state index >= 15 is 0 Å². The number of aliphatic carboxylic acids is 2. The second kappa shape index (κ2) is 22.0. The number of carboxylic acid groups (broad SMARTS) is 2. The van der Waals surface area contributed by atoms with Crippen LogP contribution in [-0.4, -0.2) is 137 Å². The van der Waals surface area contributed by atoms with E-state index in [1.54, 1.807) is 0 Å². The number of unbranched alkanes of at least 4 members (excludes halogenated alkanes) is 8. The molecule has 0 radical (unpaired) electrons. The Hall–Kier alpha value is 1.68. The summed E-state index contributed by atoms with van der Waals surface area (Å²) < 4.78 is 0. The molecule has 8 heteroatoms. The predicted octanol–water partition coefficient (Wildman–Crippen LogP) is 2.04. The molecule has 0 spiro atoms. The molecule has 0 aromatic carbocycles. The fraction of sp³-hybridized carbons (Fsp3) is 0.824. The molecular formula is C17H33K2NO5. The average Bonchev–Trinajstić information content (AvgIpc) is 2.49. The number of amides is 1. The molecular weight excluding hydrogens is 376 g/mol. The van der Waals surface area contributed by atoms with E-state index in [0.717, 1.165) is 19.3 Å². The Morgan fingerprint density at radius 2 is 1.28 bits per heavy atom. The molecule has 6 nitrogen and oxygen atoms in total. The molecule has 138 valence electrons. The predicted molar refractivity (Wildman–Crippen MR) is 103 cm³/mol. The van der Waals surface area contributed by atoms with Crippen LogP contribution in [0.25, 0.3) is 0 Å². The number of carbonyl (C=O) groups is 3. The minimum absolute atomic E-state index is 0. The Labute approximate surface area is 236 Å². The summed E-state index contributed by atoms with van der Waals surface area (Å²) in [6, 6.07) is -1.11. The maximum absolute atomic E-state index is 11.7. The van der Waals surface area contributed by atoms with Gasteiger partial charge >= 0.3 is 115 Å². The Morgan fingerprint density at radius 1 is 0.800 bits per heavy atom. The number of nitrogens with one attached hydrogen (secondary N) is 1. The van der Waals surface area contributed by atoms with Crippen molar-refractivity contribution in [3.8, 4) is 0 Å². The van der Waals surface area contributed by atoms with E-state index in [9.17, 15) is 14.4 Å². The van der Waals surface area contributed by atoms with E-state index < -0.39 is 18.0 Å². The third-order valence-corrected chi connectivity index (χ3v) is 3.79. The molecule has 1 amide bonds. The molecule has 0 aromatic heterocycles. The van der Waals surface area contributed by atoms with Crippen molar-refractivity contribution < 1.29 is 24.6 Å². The van der Waals surface area contributed by atoms with Crippen LogP contribution in [0.2, 0.25) is 0 Å². The molecule has 1 atom stereocenters. The van der Waals surface area contributed by atoms with Crippen LogP contribution in [0.1, 0.15) is 84.0 Å². The topological polar surface area (TPSA) is 104 Å². The van der Waals surface area contributed by atoms with Crippen molar-refractivity contribution in [2.75, 3.05) is 0 Å². The summed E-state index contributed by atoms with van der Waals surface area (Å²) >= 11 is 0. The monoisotopic (exact) mass is 409 g/mol. The molecule has 3 N–H and O–H groups in total. The van der Waals surface area contributed by atoms with E-state index in [-0.39, 0.29) is 122 Å². The molecule has 0 unspecified atom stereocenters. The summed E-state index contributed by atoms with van der Waals surface area (Å²) in [5.74, 6) is -2.57. The molecule has 0 aliphatic rings. The molecule has 0 fully saturated rings. The Balaban J connectivity index is -0.00000242. The van der Waals surface area contributed by atoms with Gasteiger partial charge in [0.25, 0.3) is 0 Å². The third kappa shape index (κ3) is 21.8. The quantitative estimate of drug-likeness (QED) is 0.284. The van der Waals surface area contributed by atoms with Gasteiger partial charge in [-0.25, -0.2) is 4.79 Å². The molecule has 25 heavy (non-hydrogen) atoms. The summed E-state index contributed by atoms with van der Waals surface area (Å²) in [4.78, 5) is 33.1. The van der Waals surface area contributed by atoms with Gasteiger partial charge in [-0.2, -0.15) is 0 Å². The third-order valence-electron chi connectivity index (χ3n) is 3.79. The van der Waals surface area contributed by atoms with Crippen molar-refractivity contribution in [1.29, 1.82) is 0 Å². The van der Waals surface area contributed by atoms with Gasteiger partial charge in [-0.3, -0.25) is 9.59 Å². The van der Waals surface area contributed by atoms with Crippen LogP contribution in [0, 0.1) is 0 Å². The Kier molecular flexibility index (Phi) is 27.6. The van der Waals surface area contributed by atoms with Gasteiger partial charge < -0.3 is 15.5 Å². The van der Waals surface area contributed by atoms with Crippen molar-refractivity contribution >= 4 is 121 Å². The van der Waals surface area contributed by atoms with Gasteiger partial charge in [0, 0.05) is 12.8 Å². The number of rotatable bonds is 15. The molecule has 0 saturated heterocycles. The molecule has 0 aliphatic carbocycles. The number of hydrogen-bond donors (Lipinski definition) is 3. The van der Waals surface area contributed by atoms with Gasteiger partial charge in [-0.15, -0.1) is 0 Å². The zero-order chi connectivity index (χ0) is 17.5. The van der Waals surface area contributed by atoms with Crippen molar-refractivity contribution in [1.82, 2.24) is 5.32 Å². The van der Waals surface area contributed by atoms with Crippen LogP contribution in [0.3, 0.4) is 0 Å². The second-order valence-electron chi connectivity index (χ2n) is 5.97. The summed E-state index contributed by atoms with van der Waals surface area (Å²) in [5, 5.41) is 19.9. The van der Waals surface area contributed by atoms with Crippen LogP contribution in [-0.2, 0) is 14.4 Å². The summed E-state index contributed by atoms with van der Waals surface area (Å²) in [5.41, 5.74) is 0. The van der Waals surface area contributed by atoms with Crippen molar-refractivity contribution in [3.63, 3.8) is 0 Å². The number of carboxylic acids is 2. The van der Waals surface area contributed by atoms with E-state index in [1.165, 1.54) is 38.5 Å². The first-order chi connectivity index (χ1) is 11.0. The first kappa shape index (κ1) is 31.4. The van der Waals surface area contributed by atoms with E-state index in [0.29, 0.717) is 6.42 Å². The van der Waals surface area contributed by atoms with E-state index in [2.05, 4.69) is 12.2 Å². The first-order valence-corrected chi connectivity index (χ1v) is 8.71. The number of hydrogen-bond acceptors (Lipinski definition) is 3. The molecule has 0 aliphatic heterocycles. The van der Waals surface area contributed by atoms with Crippen LogP contribution in [0.5, 0.6) is 0 Å². The summed E-state index contributed by atoms with van der Waals surface area (Å²) in [6.45, 7) is 2.20. The normalized spacial score (nSPS) is 10.9. The van der Waals surface area contributed by atoms with Crippen LogP contribution in [0.15, 0.2) is 0 Å². The Morgan fingerprint density at radius 3 is 1.72 bits per heavy atom. The molecule has 0 rings (SSSR count). The average molecular weight is 410 g/mol. The van der Waals surface area contributed by atoms with E-state index in [1.807, 2.05) is 0 Å². The Bertz CT molecular complexity index is 367.